The van der Waals surface area contributed by atoms with Crippen molar-refractivity contribution in [2.75, 3.05) is 7.11 Å². The maximum Gasteiger partial charge on any atom is 0.365 e. The molecule has 0 amide bonds. The molecule has 2 fully saturated rings. The number of hydrogen-bond acceptors (Lipinski definition) is 4. The zero-order chi connectivity index (χ0) is 16.0. The summed E-state index contributed by atoms with van der Waals surface area (Å²) in [4.78, 5) is 17.3. The van der Waals surface area contributed by atoms with E-state index in [2.05, 4.69) is 25.9 Å². The maximum atomic E-state index is 12.1. The number of rotatable bonds is 3. The first-order valence-electron chi connectivity index (χ1n) is 7.81. The van der Waals surface area contributed by atoms with E-state index >= 15 is 0 Å². The standard InChI is InChI=1S/C18H23NO3/c1-17(2)13-9-10-18(17,3)15(11-13)19-22-16(20)12-5-7-14(21-4)8-6-12/h5-8,13H,9-11H2,1-4H3. The molecule has 0 aliphatic heterocycles. The molecule has 118 valence electrons. The third-order valence-corrected chi connectivity index (χ3v) is 6.08. The first-order chi connectivity index (χ1) is 10.4. The third-order valence-electron chi connectivity index (χ3n) is 6.08. The quantitative estimate of drug-likeness (QED) is 0.625. The Labute approximate surface area is 131 Å². The van der Waals surface area contributed by atoms with Gasteiger partial charge in [-0.1, -0.05) is 25.9 Å². The van der Waals surface area contributed by atoms with Crippen molar-refractivity contribution in [2.24, 2.45) is 21.9 Å². The summed E-state index contributed by atoms with van der Waals surface area (Å²) in [5.74, 6) is 0.945. The molecule has 2 saturated carbocycles. The van der Waals surface area contributed by atoms with E-state index < -0.39 is 5.97 Å². The summed E-state index contributed by atoms with van der Waals surface area (Å²) in [5, 5.41) is 4.23. The van der Waals surface area contributed by atoms with Crippen LogP contribution in [0.4, 0.5) is 0 Å². The van der Waals surface area contributed by atoms with Crippen LogP contribution in [0.5, 0.6) is 5.75 Å². The maximum absolute atomic E-state index is 12.1. The third kappa shape index (κ3) is 2.13. The number of carbonyl (C=O) groups excluding carboxylic acids is 1. The molecule has 1 aromatic rings. The van der Waals surface area contributed by atoms with Crippen LogP contribution in [0.1, 0.15) is 50.4 Å². The second-order valence-electron chi connectivity index (χ2n) is 7.14. The van der Waals surface area contributed by atoms with E-state index in [0.29, 0.717) is 17.2 Å². The van der Waals surface area contributed by atoms with Crippen LogP contribution in [0, 0.1) is 16.7 Å². The minimum Gasteiger partial charge on any atom is -0.497 e. The van der Waals surface area contributed by atoms with Gasteiger partial charge in [-0.15, -0.1) is 0 Å². The van der Waals surface area contributed by atoms with Gasteiger partial charge in [0.05, 0.1) is 18.4 Å². The van der Waals surface area contributed by atoms with Gasteiger partial charge in [0, 0.05) is 5.41 Å². The minimum atomic E-state index is -0.417. The van der Waals surface area contributed by atoms with Gasteiger partial charge < -0.3 is 9.57 Å². The Morgan fingerprint density at radius 1 is 1.23 bits per heavy atom. The van der Waals surface area contributed by atoms with E-state index in [-0.39, 0.29) is 10.8 Å². The fourth-order valence-corrected chi connectivity index (χ4v) is 3.94. The van der Waals surface area contributed by atoms with E-state index in [1.165, 1.54) is 6.42 Å². The highest BCUT2D eigenvalue weighted by Gasteiger charge is 2.60. The molecular weight excluding hydrogens is 278 g/mol. The Bertz CT molecular complexity index is 618. The lowest BCUT2D eigenvalue weighted by Crippen LogP contribution is -2.32. The summed E-state index contributed by atoms with van der Waals surface area (Å²) in [6.07, 6.45) is 3.32. The molecule has 2 aliphatic carbocycles. The zero-order valence-corrected chi connectivity index (χ0v) is 13.7. The van der Waals surface area contributed by atoms with Crippen molar-refractivity contribution in [3.05, 3.63) is 29.8 Å². The summed E-state index contributed by atoms with van der Waals surface area (Å²) in [6, 6.07) is 6.86. The Hall–Kier alpha value is -1.84. The number of benzene rings is 1. The largest absolute Gasteiger partial charge is 0.497 e. The lowest BCUT2D eigenvalue weighted by Gasteiger charge is -2.34. The summed E-state index contributed by atoms with van der Waals surface area (Å²) < 4.78 is 5.08. The van der Waals surface area contributed by atoms with Gasteiger partial charge in [0.1, 0.15) is 5.75 Å². The molecule has 3 rings (SSSR count). The Balaban J connectivity index is 1.73. The highest BCUT2D eigenvalue weighted by Crippen LogP contribution is 2.63. The van der Waals surface area contributed by atoms with E-state index in [4.69, 9.17) is 9.57 Å². The lowest BCUT2D eigenvalue weighted by atomic mass is 9.70. The molecule has 2 unspecified atom stereocenters. The predicted octanol–water partition coefficient (Wildman–Crippen LogP) is 4.05. The van der Waals surface area contributed by atoms with Crippen molar-refractivity contribution in [1.29, 1.82) is 0 Å². The van der Waals surface area contributed by atoms with Crippen LogP contribution in [0.3, 0.4) is 0 Å². The van der Waals surface area contributed by atoms with Gasteiger partial charge in [-0.05, 0) is 54.9 Å². The normalized spacial score (nSPS) is 30.5. The summed E-state index contributed by atoms with van der Waals surface area (Å²) in [5.41, 5.74) is 1.81. The molecule has 0 radical (unpaired) electrons. The average molecular weight is 301 g/mol. The minimum absolute atomic E-state index is 0.0534. The second-order valence-corrected chi connectivity index (χ2v) is 7.14. The van der Waals surface area contributed by atoms with E-state index in [0.717, 1.165) is 18.6 Å². The van der Waals surface area contributed by atoms with Crippen molar-refractivity contribution < 1.29 is 14.4 Å². The number of ether oxygens (including phenoxy) is 1. The average Bonchev–Trinajstić information content (AvgIpc) is 2.85. The molecule has 0 saturated heterocycles. The van der Waals surface area contributed by atoms with Gasteiger partial charge in [0.2, 0.25) is 0 Å². The zero-order valence-electron chi connectivity index (χ0n) is 13.7. The van der Waals surface area contributed by atoms with Crippen molar-refractivity contribution in [3.8, 4) is 5.75 Å². The van der Waals surface area contributed by atoms with Gasteiger partial charge in [-0.2, -0.15) is 0 Å². The highest BCUT2D eigenvalue weighted by molar-refractivity contribution is 5.95. The van der Waals surface area contributed by atoms with E-state index in [9.17, 15) is 4.79 Å². The second kappa shape index (κ2) is 5.11. The number of hydrogen-bond donors (Lipinski definition) is 0. The summed E-state index contributed by atoms with van der Waals surface area (Å²) >= 11 is 0. The van der Waals surface area contributed by atoms with Crippen LogP contribution in [-0.2, 0) is 4.84 Å². The fourth-order valence-electron chi connectivity index (χ4n) is 3.94. The Kier molecular flexibility index (Phi) is 3.50. The molecule has 22 heavy (non-hydrogen) atoms. The SMILES string of the molecule is COc1ccc(C(=O)ON=C2CC3CCC2(C)C3(C)C)cc1. The molecule has 2 atom stereocenters. The van der Waals surface area contributed by atoms with Crippen LogP contribution in [-0.4, -0.2) is 18.8 Å². The predicted molar refractivity (Wildman–Crippen MR) is 85.1 cm³/mol. The number of oxime groups is 1. The summed E-state index contributed by atoms with van der Waals surface area (Å²) in [6.45, 7) is 6.86. The monoisotopic (exact) mass is 301 g/mol. The van der Waals surface area contributed by atoms with Crippen LogP contribution >= 0.6 is 0 Å². The molecule has 0 aromatic heterocycles. The highest BCUT2D eigenvalue weighted by atomic mass is 16.7. The van der Waals surface area contributed by atoms with Crippen molar-refractivity contribution in [2.45, 2.75) is 40.0 Å². The molecule has 0 spiro atoms. The smallest absolute Gasteiger partial charge is 0.365 e. The van der Waals surface area contributed by atoms with Gasteiger partial charge in [-0.25, -0.2) is 4.79 Å². The van der Waals surface area contributed by atoms with Gasteiger partial charge in [-0.3, -0.25) is 0 Å². The van der Waals surface area contributed by atoms with Crippen LogP contribution in [0.25, 0.3) is 0 Å². The van der Waals surface area contributed by atoms with Crippen molar-refractivity contribution >= 4 is 11.7 Å². The van der Waals surface area contributed by atoms with Gasteiger partial charge in [0.25, 0.3) is 0 Å². The van der Waals surface area contributed by atoms with Crippen LogP contribution in [0.15, 0.2) is 29.4 Å². The first kappa shape index (κ1) is 15.1. The molecule has 1 aromatic carbocycles. The van der Waals surface area contributed by atoms with Crippen LogP contribution in [0.2, 0.25) is 0 Å². The molecular formula is C18H23NO3. The topological polar surface area (TPSA) is 47.9 Å². The van der Waals surface area contributed by atoms with Crippen molar-refractivity contribution in [1.82, 2.24) is 0 Å². The number of nitrogens with zero attached hydrogens (tertiary/aromatic N) is 1. The summed E-state index contributed by atoms with van der Waals surface area (Å²) in [7, 11) is 1.59. The van der Waals surface area contributed by atoms with Gasteiger partial charge >= 0.3 is 5.97 Å². The fraction of sp³-hybridized carbons (Fsp3) is 0.556. The number of fused-ring (bicyclic) bond motifs is 2. The van der Waals surface area contributed by atoms with E-state index in [1.807, 2.05) is 0 Å². The van der Waals surface area contributed by atoms with Crippen LogP contribution < -0.4 is 4.74 Å². The Morgan fingerprint density at radius 3 is 2.41 bits per heavy atom. The number of carbonyl (C=O) groups is 1. The van der Waals surface area contributed by atoms with Crippen molar-refractivity contribution in [3.63, 3.8) is 0 Å². The number of methoxy groups -OCH3 is 1. The molecule has 2 bridgehead atoms. The molecule has 2 aliphatic rings. The molecule has 4 heteroatoms. The Morgan fingerprint density at radius 2 is 1.91 bits per heavy atom. The lowest BCUT2D eigenvalue weighted by molar-refractivity contribution is 0.0508. The first-order valence-corrected chi connectivity index (χ1v) is 7.81. The van der Waals surface area contributed by atoms with Gasteiger partial charge in [0.15, 0.2) is 0 Å². The molecule has 0 N–H and O–H groups in total. The molecule has 0 heterocycles. The van der Waals surface area contributed by atoms with E-state index in [1.54, 1.807) is 31.4 Å². The molecule has 4 nitrogen and oxygen atoms in total.